The molecular weight excluding hydrogens is 453 g/mol. The van der Waals surface area contributed by atoms with Gasteiger partial charge in [0.25, 0.3) is 11.8 Å². The number of carbonyl (C=O) groups excluding carboxylic acids is 4. The zero-order valence-corrected chi connectivity index (χ0v) is 19.2. The van der Waals surface area contributed by atoms with E-state index in [1.807, 2.05) is 30.3 Å². The van der Waals surface area contributed by atoms with E-state index in [4.69, 9.17) is 4.74 Å². The van der Waals surface area contributed by atoms with Crippen molar-refractivity contribution >= 4 is 40.1 Å². The van der Waals surface area contributed by atoms with Crippen molar-refractivity contribution in [2.75, 3.05) is 11.5 Å². The molecule has 0 bridgehead atoms. The van der Waals surface area contributed by atoms with Crippen LogP contribution in [0.4, 0.5) is 10.1 Å². The number of amides is 4. The summed E-state index contributed by atoms with van der Waals surface area (Å²) in [5.41, 5.74) is 2.50. The molecule has 9 heteroatoms. The number of ether oxygens (including phenoxy) is 1. The van der Waals surface area contributed by atoms with Crippen LogP contribution in [-0.4, -0.2) is 41.3 Å². The minimum atomic E-state index is -1.26. The second-order valence-corrected chi connectivity index (χ2v) is 8.43. The molecule has 4 amide bonds. The number of benzene rings is 3. The van der Waals surface area contributed by atoms with Crippen LogP contribution in [0, 0.1) is 11.7 Å². The highest BCUT2D eigenvalue weighted by molar-refractivity contribution is 6.23. The Hall–Kier alpha value is -4.27. The molecular formula is C26H24FN3O5. The molecule has 180 valence electrons. The van der Waals surface area contributed by atoms with Gasteiger partial charge in [-0.3, -0.25) is 24.6 Å². The second-order valence-electron chi connectivity index (χ2n) is 8.43. The average Bonchev–Trinajstić information content (AvgIpc) is 3.14. The van der Waals surface area contributed by atoms with Crippen LogP contribution in [0.2, 0.25) is 0 Å². The molecule has 1 saturated heterocycles. The van der Waals surface area contributed by atoms with E-state index >= 15 is 0 Å². The van der Waals surface area contributed by atoms with E-state index in [1.54, 1.807) is 26.0 Å². The lowest BCUT2D eigenvalue weighted by atomic mass is 10.1. The highest BCUT2D eigenvalue weighted by atomic mass is 19.1. The lowest BCUT2D eigenvalue weighted by Gasteiger charge is -2.29. The SMILES string of the molecule is CC(C)C(=O)N(NC(=O)COc1cccc2ccccc12)C1CC(=O)N(c2cccc(F)c2)C1=O. The lowest BCUT2D eigenvalue weighted by Crippen LogP contribution is -2.56. The Labute approximate surface area is 201 Å². The van der Waals surface area contributed by atoms with Gasteiger partial charge in [-0.05, 0) is 29.7 Å². The first kappa shape index (κ1) is 23.9. The standard InChI is InChI=1S/C26H24FN3O5/c1-16(2)25(33)30(21-14-24(32)29(26(21)34)19-10-6-9-18(27)13-19)28-23(31)15-35-22-12-5-8-17-7-3-4-11-20(17)22/h3-13,16,21H,14-15H2,1-2H3,(H,28,31). The Kier molecular flexibility index (Phi) is 6.77. The Morgan fingerprint density at radius 3 is 2.54 bits per heavy atom. The van der Waals surface area contributed by atoms with Crippen LogP contribution >= 0.6 is 0 Å². The van der Waals surface area contributed by atoms with Crippen LogP contribution in [0.1, 0.15) is 20.3 Å². The Bertz CT molecular complexity index is 1300. The molecule has 1 heterocycles. The zero-order chi connectivity index (χ0) is 25.1. The summed E-state index contributed by atoms with van der Waals surface area (Å²) in [6.45, 7) is 2.80. The first-order valence-electron chi connectivity index (χ1n) is 11.1. The number of nitrogens with one attached hydrogen (secondary N) is 1. The molecule has 1 N–H and O–H groups in total. The molecule has 1 aliphatic heterocycles. The van der Waals surface area contributed by atoms with Crippen LogP contribution in [-0.2, 0) is 19.2 Å². The number of hydrazine groups is 1. The van der Waals surface area contributed by atoms with Gasteiger partial charge < -0.3 is 4.74 Å². The van der Waals surface area contributed by atoms with E-state index in [2.05, 4.69) is 5.43 Å². The maximum atomic E-state index is 13.7. The van der Waals surface area contributed by atoms with Crippen molar-refractivity contribution in [1.29, 1.82) is 0 Å². The number of anilines is 1. The molecule has 0 saturated carbocycles. The molecule has 3 aromatic carbocycles. The van der Waals surface area contributed by atoms with Crippen LogP contribution in [0.5, 0.6) is 5.75 Å². The summed E-state index contributed by atoms with van der Waals surface area (Å²) < 4.78 is 19.4. The number of carbonyl (C=O) groups is 4. The third-order valence-electron chi connectivity index (χ3n) is 5.59. The van der Waals surface area contributed by atoms with E-state index in [-0.39, 0.29) is 12.1 Å². The van der Waals surface area contributed by atoms with E-state index < -0.39 is 48.0 Å². The molecule has 35 heavy (non-hydrogen) atoms. The molecule has 0 radical (unpaired) electrons. The van der Waals surface area contributed by atoms with Crippen molar-refractivity contribution in [3.05, 3.63) is 72.5 Å². The molecule has 1 unspecified atom stereocenters. The predicted molar refractivity (Wildman–Crippen MR) is 127 cm³/mol. The number of halogens is 1. The first-order valence-corrected chi connectivity index (χ1v) is 11.1. The largest absolute Gasteiger partial charge is 0.483 e. The molecule has 3 aromatic rings. The summed E-state index contributed by atoms with van der Waals surface area (Å²) >= 11 is 0. The quantitative estimate of drug-likeness (QED) is 0.435. The third kappa shape index (κ3) is 4.98. The van der Waals surface area contributed by atoms with Gasteiger partial charge in [-0.15, -0.1) is 0 Å². The minimum absolute atomic E-state index is 0.0602. The fourth-order valence-electron chi connectivity index (χ4n) is 3.90. The number of hydrogen-bond acceptors (Lipinski definition) is 5. The van der Waals surface area contributed by atoms with Gasteiger partial charge in [0, 0.05) is 11.3 Å². The fourth-order valence-corrected chi connectivity index (χ4v) is 3.90. The topological polar surface area (TPSA) is 96.0 Å². The first-order chi connectivity index (χ1) is 16.8. The maximum absolute atomic E-state index is 13.7. The lowest BCUT2D eigenvalue weighted by molar-refractivity contribution is -0.150. The van der Waals surface area contributed by atoms with E-state index in [0.717, 1.165) is 26.7 Å². The third-order valence-corrected chi connectivity index (χ3v) is 5.59. The summed E-state index contributed by atoms with van der Waals surface area (Å²) in [5.74, 6) is -3.24. The van der Waals surface area contributed by atoms with Crippen molar-refractivity contribution in [2.24, 2.45) is 5.92 Å². The van der Waals surface area contributed by atoms with Crippen LogP contribution in [0.3, 0.4) is 0 Å². The molecule has 0 spiro atoms. The molecule has 1 aliphatic rings. The second kappa shape index (κ2) is 9.92. The highest BCUT2D eigenvalue weighted by Crippen LogP contribution is 2.27. The van der Waals surface area contributed by atoms with Crippen molar-refractivity contribution in [1.82, 2.24) is 10.4 Å². The molecule has 8 nitrogen and oxygen atoms in total. The number of fused-ring (bicyclic) bond motifs is 1. The van der Waals surface area contributed by atoms with Gasteiger partial charge in [-0.25, -0.2) is 14.3 Å². The Morgan fingerprint density at radius 2 is 1.80 bits per heavy atom. The van der Waals surface area contributed by atoms with E-state index in [1.165, 1.54) is 18.2 Å². The number of nitrogens with zero attached hydrogens (tertiary/aromatic N) is 2. The molecule has 0 aromatic heterocycles. The molecule has 1 fully saturated rings. The molecule has 0 aliphatic carbocycles. The average molecular weight is 477 g/mol. The van der Waals surface area contributed by atoms with Gasteiger partial charge in [-0.2, -0.15) is 0 Å². The Balaban J connectivity index is 1.51. The van der Waals surface area contributed by atoms with E-state index in [0.29, 0.717) is 5.75 Å². The number of rotatable bonds is 6. The minimum Gasteiger partial charge on any atom is -0.483 e. The van der Waals surface area contributed by atoms with Gasteiger partial charge in [0.1, 0.15) is 17.6 Å². The summed E-state index contributed by atoms with van der Waals surface area (Å²) in [6, 6.07) is 16.7. The summed E-state index contributed by atoms with van der Waals surface area (Å²) in [5, 5.41) is 2.65. The highest BCUT2D eigenvalue weighted by Gasteiger charge is 2.45. The fraction of sp³-hybridized carbons (Fsp3) is 0.231. The predicted octanol–water partition coefficient (Wildman–Crippen LogP) is 3.21. The summed E-state index contributed by atoms with van der Waals surface area (Å²) in [7, 11) is 0. The Morgan fingerprint density at radius 1 is 1.09 bits per heavy atom. The molecule has 1 atom stereocenters. The van der Waals surface area contributed by atoms with Crippen LogP contribution in [0.25, 0.3) is 10.8 Å². The number of hydrogen-bond donors (Lipinski definition) is 1. The maximum Gasteiger partial charge on any atom is 0.276 e. The normalized spacial score (nSPS) is 15.5. The van der Waals surface area contributed by atoms with Gasteiger partial charge in [0.05, 0.1) is 12.1 Å². The summed E-state index contributed by atoms with van der Waals surface area (Å²) in [6.07, 6.45) is -0.349. The van der Waals surface area contributed by atoms with E-state index in [9.17, 15) is 23.6 Å². The van der Waals surface area contributed by atoms with Gasteiger partial charge in [-0.1, -0.05) is 56.3 Å². The van der Waals surface area contributed by atoms with Crippen molar-refractivity contribution in [3.8, 4) is 5.75 Å². The van der Waals surface area contributed by atoms with Crippen LogP contribution < -0.4 is 15.1 Å². The van der Waals surface area contributed by atoms with Crippen LogP contribution in [0.15, 0.2) is 66.7 Å². The monoisotopic (exact) mass is 477 g/mol. The number of imide groups is 1. The van der Waals surface area contributed by atoms with Gasteiger partial charge >= 0.3 is 0 Å². The zero-order valence-electron chi connectivity index (χ0n) is 19.2. The smallest absolute Gasteiger partial charge is 0.276 e. The summed E-state index contributed by atoms with van der Waals surface area (Å²) in [4.78, 5) is 52.2. The van der Waals surface area contributed by atoms with Gasteiger partial charge in [0.15, 0.2) is 6.61 Å². The van der Waals surface area contributed by atoms with Crippen molar-refractivity contribution in [3.63, 3.8) is 0 Å². The van der Waals surface area contributed by atoms with Crippen molar-refractivity contribution < 1.29 is 28.3 Å². The van der Waals surface area contributed by atoms with Gasteiger partial charge in [0.2, 0.25) is 11.8 Å². The van der Waals surface area contributed by atoms with Crippen molar-refractivity contribution in [2.45, 2.75) is 26.3 Å². The molecule has 4 rings (SSSR count).